The minimum Gasteiger partial charge on any atom is -0.403 e. The van der Waals surface area contributed by atoms with Crippen LogP contribution in [0.4, 0.5) is 13.2 Å². The number of alkyl halides is 3. The van der Waals surface area contributed by atoms with Gasteiger partial charge in [0, 0.05) is 12.1 Å². The number of aromatic nitrogens is 1. The van der Waals surface area contributed by atoms with E-state index in [-0.39, 0.29) is 17.8 Å². The minimum atomic E-state index is -4.83. The Labute approximate surface area is 103 Å². The fourth-order valence-corrected chi connectivity index (χ4v) is 1.77. The molecule has 3 N–H and O–H groups in total. The van der Waals surface area contributed by atoms with Crippen LogP contribution in [0.5, 0.6) is 5.75 Å². The van der Waals surface area contributed by atoms with Gasteiger partial charge < -0.3 is 15.6 Å². The van der Waals surface area contributed by atoms with Crippen molar-refractivity contribution in [2.24, 2.45) is 5.73 Å². The Bertz CT molecular complexity index is 359. The zero-order valence-electron chi connectivity index (χ0n) is 7.88. The molecular formula is C8H8F3IN2O2. The Morgan fingerprint density at radius 1 is 1.50 bits per heavy atom. The van der Waals surface area contributed by atoms with E-state index in [1.165, 1.54) is 6.07 Å². The number of ether oxygens (including phenoxy) is 1. The number of pyridine rings is 1. The molecule has 0 aliphatic heterocycles. The van der Waals surface area contributed by atoms with Gasteiger partial charge in [0.1, 0.15) is 3.70 Å². The molecule has 0 spiro atoms. The highest BCUT2D eigenvalue weighted by molar-refractivity contribution is 14.1. The number of rotatable bonds is 3. The van der Waals surface area contributed by atoms with E-state index < -0.39 is 18.7 Å². The maximum Gasteiger partial charge on any atom is 0.573 e. The van der Waals surface area contributed by atoms with Gasteiger partial charge in [0.05, 0.1) is 12.3 Å². The van der Waals surface area contributed by atoms with Crippen LogP contribution >= 0.6 is 22.6 Å². The molecule has 0 amide bonds. The molecule has 0 fully saturated rings. The standard InChI is InChI=1S/C8H8F3IN2O2/c9-8(10,11)16-7-4(3-15)1-6(12)14-5(7)2-13/h1,15H,2-3,13H2. The molecule has 0 aliphatic rings. The first-order valence-electron chi connectivity index (χ1n) is 4.12. The van der Waals surface area contributed by atoms with E-state index in [0.717, 1.165) is 0 Å². The molecule has 4 nitrogen and oxygen atoms in total. The van der Waals surface area contributed by atoms with Gasteiger partial charge >= 0.3 is 6.36 Å². The van der Waals surface area contributed by atoms with E-state index in [1.54, 1.807) is 0 Å². The summed E-state index contributed by atoms with van der Waals surface area (Å²) in [5, 5.41) is 8.94. The van der Waals surface area contributed by atoms with E-state index in [0.29, 0.717) is 3.70 Å². The van der Waals surface area contributed by atoms with Gasteiger partial charge in [0.15, 0.2) is 5.75 Å². The number of nitrogens with two attached hydrogens (primary N) is 1. The molecule has 0 unspecified atom stereocenters. The summed E-state index contributed by atoms with van der Waals surface area (Å²) in [4.78, 5) is 3.81. The van der Waals surface area contributed by atoms with Crippen molar-refractivity contribution in [3.63, 3.8) is 0 Å². The van der Waals surface area contributed by atoms with Gasteiger partial charge in [-0.05, 0) is 28.7 Å². The summed E-state index contributed by atoms with van der Waals surface area (Å²) >= 11 is 1.82. The zero-order valence-corrected chi connectivity index (χ0v) is 10.0. The summed E-state index contributed by atoms with van der Waals surface area (Å²) < 4.78 is 40.5. The van der Waals surface area contributed by atoms with Crippen molar-refractivity contribution < 1.29 is 23.0 Å². The number of aliphatic hydroxyl groups excluding tert-OH is 1. The lowest BCUT2D eigenvalue weighted by atomic mass is 10.2. The largest absolute Gasteiger partial charge is 0.573 e. The van der Waals surface area contributed by atoms with Crippen molar-refractivity contribution >= 4 is 22.6 Å². The predicted molar refractivity (Wildman–Crippen MR) is 57.5 cm³/mol. The average Bonchev–Trinajstić information content (AvgIpc) is 2.18. The van der Waals surface area contributed by atoms with Crippen LogP contribution in [0.1, 0.15) is 11.3 Å². The Morgan fingerprint density at radius 3 is 2.56 bits per heavy atom. The van der Waals surface area contributed by atoms with Crippen LogP contribution in [0, 0.1) is 3.70 Å². The Hall–Kier alpha value is -0.610. The highest BCUT2D eigenvalue weighted by Crippen LogP contribution is 2.30. The van der Waals surface area contributed by atoms with Crippen LogP contribution in [-0.2, 0) is 13.2 Å². The lowest BCUT2D eigenvalue weighted by Crippen LogP contribution is -2.21. The number of halogens is 4. The van der Waals surface area contributed by atoms with Crippen LogP contribution < -0.4 is 10.5 Å². The minimum absolute atomic E-state index is 0.0113. The first kappa shape index (κ1) is 13.5. The second-order valence-electron chi connectivity index (χ2n) is 2.79. The van der Waals surface area contributed by atoms with Crippen LogP contribution in [0.15, 0.2) is 6.07 Å². The normalized spacial score (nSPS) is 11.6. The van der Waals surface area contributed by atoms with E-state index in [9.17, 15) is 13.2 Å². The summed E-state index contributed by atoms with van der Waals surface area (Å²) in [5.41, 5.74) is 5.24. The maximum atomic E-state index is 12.1. The van der Waals surface area contributed by atoms with Gasteiger partial charge in [-0.15, -0.1) is 13.2 Å². The third-order valence-electron chi connectivity index (χ3n) is 1.67. The molecular weight excluding hydrogens is 340 g/mol. The zero-order chi connectivity index (χ0) is 12.3. The number of nitrogens with zero attached hydrogens (tertiary/aromatic N) is 1. The molecule has 0 aliphatic carbocycles. The van der Waals surface area contributed by atoms with Crippen molar-refractivity contribution in [3.8, 4) is 5.75 Å². The van der Waals surface area contributed by atoms with Gasteiger partial charge in [-0.1, -0.05) is 0 Å². The van der Waals surface area contributed by atoms with Crippen molar-refractivity contribution in [1.29, 1.82) is 0 Å². The second kappa shape index (κ2) is 5.15. The van der Waals surface area contributed by atoms with Crippen molar-refractivity contribution in [2.45, 2.75) is 19.5 Å². The summed E-state index contributed by atoms with van der Waals surface area (Å²) in [7, 11) is 0. The molecule has 16 heavy (non-hydrogen) atoms. The Morgan fingerprint density at radius 2 is 2.12 bits per heavy atom. The SMILES string of the molecule is NCc1nc(I)cc(CO)c1OC(F)(F)F. The third-order valence-corrected chi connectivity index (χ3v) is 2.22. The first-order chi connectivity index (χ1) is 7.37. The quantitative estimate of drug-likeness (QED) is 0.642. The molecule has 1 heterocycles. The van der Waals surface area contributed by atoms with Crippen LogP contribution in [0.3, 0.4) is 0 Å². The molecule has 0 bridgehead atoms. The smallest absolute Gasteiger partial charge is 0.403 e. The van der Waals surface area contributed by atoms with E-state index in [1.807, 2.05) is 22.6 Å². The fourth-order valence-electron chi connectivity index (χ4n) is 1.10. The van der Waals surface area contributed by atoms with E-state index in [4.69, 9.17) is 10.8 Å². The average molecular weight is 348 g/mol. The molecule has 0 atom stereocenters. The predicted octanol–water partition coefficient (Wildman–Crippen LogP) is 1.54. The lowest BCUT2D eigenvalue weighted by Gasteiger charge is -2.15. The van der Waals surface area contributed by atoms with Gasteiger partial charge in [-0.2, -0.15) is 0 Å². The number of hydrogen-bond acceptors (Lipinski definition) is 4. The molecule has 1 aromatic rings. The fraction of sp³-hybridized carbons (Fsp3) is 0.375. The second-order valence-corrected chi connectivity index (χ2v) is 3.90. The van der Waals surface area contributed by atoms with Gasteiger partial charge in [0.2, 0.25) is 0 Å². The monoisotopic (exact) mass is 348 g/mol. The van der Waals surface area contributed by atoms with E-state index in [2.05, 4.69) is 9.72 Å². The topological polar surface area (TPSA) is 68.4 Å². The van der Waals surface area contributed by atoms with Gasteiger partial charge in [0.25, 0.3) is 0 Å². The molecule has 0 radical (unpaired) electrons. The number of aliphatic hydroxyl groups is 1. The molecule has 0 saturated carbocycles. The van der Waals surface area contributed by atoms with Gasteiger partial charge in [-0.25, -0.2) is 4.98 Å². The molecule has 0 saturated heterocycles. The van der Waals surface area contributed by atoms with E-state index >= 15 is 0 Å². The van der Waals surface area contributed by atoms with Gasteiger partial charge in [-0.3, -0.25) is 0 Å². The molecule has 1 rings (SSSR count). The van der Waals surface area contributed by atoms with Crippen LogP contribution in [-0.4, -0.2) is 16.5 Å². The lowest BCUT2D eigenvalue weighted by molar-refractivity contribution is -0.275. The first-order valence-corrected chi connectivity index (χ1v) is 5.20. The Kier molecular flexibility index (Phi) is 4.33. The number of hydrogen-bond donors (Lipinski definition) is 2. The summed E-state index contributed by atoms with van der Waals surface area (Å²) in [6, 6.07) is 1.31. The molecule has 1 aromatic heterocycles. The highest BCUT2D eigenvalue weighted by atomic mass is 127. The molecule has 90 valence electrons. The highest BCUT2D eigenvalue weighted by Gasteiger charge is 2.33. The molecule has 8 heteroatoms. The van der Waals surface area contributed by atoms with Crippen LogP contribution in [0.25, 0.3) is 0 Å². The van der Waals surface area contributed by atoms with Crippen LogP contribution in [0.2, 0.25) is 0 Å². The maximum absolute atomic E-state index is 12.1. The molecule has 0 aromatic carbocycles. The summed E-state index contributed by atoms with van der Waals surface area (Å²) in [6.07, 6.45) is -4.83. The summed E-state index contributed by atoms with van der Waals surface area (Å²) in [6.45, 7) is -0.772. The Balaban J connectivity index is 3.22. The van der Waals surface area contributed by atoms with Crippen molar-refractivity contribution in [3.05, 3.63) is 21.0 Å². The summed E-state index contributed by atoms with van der Waals surface area (Å²) in [5.74, 6) is -0.516. The van der Waals surface area contributed by atoms with Crippen molar-refractivity contribution in [2.75, 3.05) is 0 Å². The van der Waals surface area contributed by atoms with Crippen molar-refractivity contribution in [1.82, 2.24) is 4.98 Å². The third kappa shape index (κ3) is 3.46.